The fourth-order valence-electron chi connectivity index (χ4n) is 1.13. The van der Waals surface area contributed by atoms with Crippen LogP contribution >= 0.6 is 11.8 Å². The van der Waals surface area contributed by atoms with Crippen LogP contribution in [-0.4, -0.2) is 31.7 Å². The molecule has 0 bridgehead atoms. The highest BCUT2D eigenvalue weighted by atomic mass is 32.2. The number of carboxylic acid groups (broad SMARTS) is 1. The minimum absolute atomic E-state index is 0.0533. The molecule has 0 aliphatic carbocycles. The third-order valence-corrected chi connectivity index (χ3v) is 2.54. The second-order valence-electron chi connectivity index (χ2n) is 2.76. The van der Waals surface area contributed by atoms with Crippen LogP contribution in [0.2, 0.25) is 0 Å². The minimum atomic E-state index is -1.06. The molecule has 0 aliphatic rings. The number of aryl methyl sites for hydroxylation is 1. The van der Waals surface area contributed by atoms with Crippen LogP contribution in [0.5, 0.6) is 0 Å². The molecule has 0 saturated heterocycles. The average Bonchev–Trinajstić information content (AvgIpc) is 2.61. The van der Waals surface area contributed by atoms with Crippen molar-refractivity contribution >= 4 is 22.8 Å². The van der Waals surface area contributed by atoms with E-state index in [1.165, 1.54) is 10.7 Å². The lowest BCUT2D eigenvalue weighted by molar-refractivity contribution is 0.0683. The molecule has 0 unspecified atom stereocenters. The third-order valence-electron chi connectivity index (χ3n) is 1.78. The van der Waals surface area contributed by atoms with Crippen molar-refractivity contribution in [3.63, 3.8) is 0 Å². The summed E-state index contributed by atoms with van der Waals surface area (Å²) in [5.74, 6) is -0.412. The number of carbonyl (C=O) groups excluding carboxylic acids is 1. The Kier molecular flexibility index (Phi) is 3.90. The lowest BCUT2D eigenvalue weighted by atomic mass is 10.3. The standard InChI is InChI=1S/C9H12N2O3S/c1-3-11-7(8(12)13)5-6(10-11)9(14)15-4-2/h5H,3-4H2,1-2H3,(H,12,13). The lowest BCUT2D eigenvalue weighted by Gasteiger charge is -1.97. The van der Waals surface area contributed by atoms with Crippen LogP contribution in [0.15, 0.2) is 6.07 Å². The predicted octanol–water partition coefficient (Wildman–Crippen LogP) is 1.49. The van der Waals surface area contributed by atoms with Gasteiger partial charge >= 0.3 is 5.97 Å². The van der Waals surface area contributed by atoms with Gasteiger partial charge in [-0.25, -0.2) is 4.79 Å². The zero-order chi connectivity index (χ0) is 11.4. The van der Waals surface area contributed by atoms with Crippen molar-refractivity contribution in [1.29, 1.82) is 0 Å². The average molecular weight is 228 g/mol. The molecule has 82 valence electrons. The molecule has 15 heavy (non-hydrogen) atoms. The number of aromatic carboxylic acids is 1. The topological polar surface area (TPSA) is 72.2 Å². The molecule has 0 aliphatic heterocycles. The van der Waals surface area contributed by atoms with Crippen LogP contribution < -0.4 is 0 Å². The molecule has 0 amide bonds. The summed E-state index contributed by atoms with van der Waals surface area (Å²) in [6.07, 6.45) is 0. The molecule has 1 aromatic heterocycles. The Balaban J connectivity index is 3.02. The Morgan fingerprint density at radius 1 is 1.53 bits per heavy atom. The molecule has 0 radical (unpaired) electrons. The van der Waals surface area contributed by atoms with E-state index in [0.29, 0.717) is 12.3 Å². The van der Waals surface area contributed by atoms with Crippen molar-refractivity contribution in [3.05, 3.63) is 17.5 Å². The smallest absolute Gasteiger partial charge is 0.354 e. The SMILES string of the molecule is CCSC(=O)c1cc(C(=O)O)n(CC)n1. The number of hydrogen-bond donors (Lipinski definition) is 1. The van der Waals surface area contributed by atoms with E-state index in [1.54, 1.807) is 6.92 Å². The summed E-state index contributed by atoms with van der Waals surface area (Å²) in [7, 11) is 0. The van der Waals surface area contributed by atoms with Gasteiger partial charge in [0.2, 0.25) is 5.12 Å². The fourth-order valence-corrected chi connectivity index (χ4v) is 1.64. The molecule has 0 fully saturated rings. The quantitative estimate of drug-likeness (QED) is 0.845. The van der Waals surface area contributed by atoms with Gasteiger partial charge in [-0.05, 0) is 12.7 Å². The molecular weight excluding hydrogens is 216 g/mol. The van der Waals surface area contributed by atoms with Crippen molar-refractivity contribution in [2.75, 3.05) is 5.75 Å². The van der Waals surface area contributed by atoms with Crippen LogP contribution in [0.1, 0.15) is 34.8 Å². The van der Waals surface area contributed by atoms with Crippen LogP contribution in [0.4, 0.5) is 0 Å². The van der Waals surface area contributed by atoms with Crippen LogP contribution in [-0.2, 0) is 6.54 Å². The van der Waals surface area contributed by atoms with Crippen LogP contribution in [0.3, 0.4) is 0 Å². The Bertz CT molecular complexity index is 387. The number of rotatable bonds is 4. The molecule has 0 spiro atoms. The summed E-state index contributed by atoms with van der Waals surface area (Å²) in [4.78, 5) is 22.2. The second-order valence-corrected chi connectivity index (χ2v) is 3.99. The van der Waals surface area contributed by atoms with Crippen molar-refractivity contribution in [3.8, 4) is 0 Å². The summed E-state index contributed by atoms with van der Waals surface area (Å²) in [6.45, 7) is 4.07. The Hall–Kier alpha value is -1.30. The van der Waals surface area contributed by atoms with Crippen molar-refractivity contribution in [2.24, 2.45) is 0 Å². The summed E-state index contributed by atoms with van der Waals surface area (Å²) < 4.78 is 1.31. The summed E-state index contributed by atoms with van der Waals surface area (Å²) in [6, 6.07) is 1.32. The van der Waals surface area contributed by atoms with Crippen molar-refractivity contribution < 1.29 is 14.7 Å². The van der Waals surface area contributed by atoms with E-state index in [0.717, 1.165) is 11.8 Å². The molecule has 0 saturated carbocycles. The molecule has 6 heteroatoms. The Morgan fingerprint density at radius 2 is 2.20 bits per heavy atom. The number of thioether (sulfide) groups is 1. The van der Waals surface area contributed by atoms with E-state index in [1.807, 2.05) is 6.92 Å². The highest BCUT2D eigenvalue weighted by molar-refractivity contribution is 8.14. The van der Waals surface area contributed by atoms with Crippen molar-refractivity contribution in [2.45, 2.75) is 20.4 Å². The second kappa shape index (κ2) is 4.97. The summed E-state index contributed by atoms with van der Waals surface area (Å²) in [5, 5.41) is 12.6. The van der Waals surface area contributed by atoms with Gasteiger partial charge in [0, 0.05) is 12.6 Å². The van der Waals surface area contributed by atoms with E-state index in [4.69, 9.17) is 5.11 Å². The largest absolute Gasteiger partial charge is 0.477 e. The molecule has 0 aromatic carbocycles. The number of hydrogen-bond acceptors (Lipinski definition) is 4. The van der Waals surface area contributed by atoms with Gasteiger partial charge in [0.15, 0.2) is 0 Å². The maximum Gasteiger partial charge on any atom is 0.354 e. The molecular formula is C9H12N2O3S. The first-order chi connectivity index (χ1) is 7.10. The molecule has 1 aromatic rings. The van der Waals surface area contributed by atoms with E-state index in [9.17, 15) is 9.59 Å². The fraction of sp³-hybridized carbons (Fsp3) is 0.444. The van der Waals surface area contributed by atoms with Gasteiger partial charge < -0.3 is 5.11 Å². The molecule has 0 atom stereocenters. The number of carbonyl (C=O) groups is 2. The van der Waals surface area contributed by atoms with E-state index in [-0.39, 0.29) is 16.5 Å². The first kappa shape index (κ1) is 11.8. The monoisotopic (exact) mass is 228 g/mol. The van der Waals surface area contributed by atoms with Crippen molar-refractivity contribution in [1.82, 2.24) is 9.78 Å². The molecule has 5 nitrogen and oxygen atoms in total. The minimum Gasteiger partial charge on any atom is -0.477 e. The molecule has 1 rings (SSSR count). The maximum absolute atomic E-state index is 11.4. The molecule has 1 N–H and O–H groups in total. The zero-order valence-electron chi connectivity index (χ0n) is 8.56. The lowest BCUT2D eigenvalue weighted by Crippen LogP contribution is -2.08. The highest BCUT2D eigenvalue weighted by Gasteiger charge is 2.17. The maximum atomic E-state index is 11.4. The first-order valence-corrected chi connectivity index (χ1v) is 5.57. The zero-order valence-corrected chi connectivity index (χ0v) is 9.37. The van der Waals surface area contributed by atoms with Gasteiger partial charge in [0.05, 0.1) is 0 Å². The number of aromatic nitrogens is 2. The van der Waals surface area contributed by atoms with Gasteiger partial charge in [-0.3, -0.25) is 9.48 Å². The first-order valence-electron chi connectivity index (χ1n) is 4.58. The number of carboxylic acids is 1. The van der Waals surface area contributed by atoms with Gasteiger partial charge in [-0.1, -0.05) is 18.7 Å². The predicted molar refractivity (Wildman–Crippen MR) is 57.3 cm³/mol. The third kappa shape index (κ3) is 2.59. The Morgan fingerprint density at radius 3 is 2.60 bits per heavy atom. The normalized spacial score (nSPS) is 10.3. The van der Waals surface area contributed by atoms with E-state index < -0.39 is 5.97 Å². The van der Waals surface area contributed by atoms with E-state index >= 15 is 0 Å². The van der Waals surface area contributed by atoms with Gasteiger partial charge in [0.1, 0.15) is 11.4 Å². The summed E-state index contributed by atoms with van der Waals surface area (Å²) in [5.41, 5.74) is 0.263. The van der Waals surface area contributed by atoms with Gasteiger partial charge in [-0.2, -0.15) is 5.10 Å². The van der Waals surface area contributed by atoms with Gasteiger partial charge in [-0.15, -0.1) is 0 Å². The molecule has 1 heterocycles. The van der Waals surface area contributed by atoms with Gasteiger partial charge in [0.25, 0.3) is 0 Å². The summed E-state index contributed by atoms with van der Waals surface area (Å²) >= 11 is 1.12. The Labute approximate surface area is 91.5 Å². The number of nitrogens with zero attached hydrogens (tertiary/aromatic N) is 2. The van der Waals surface area contributed by atoms with E-state index in [2.05, 4.69) is 5.10 Å². The highest BCUT2D eigenvalue weighted by Crippen LogP contribution is 2.12. The van der Waals surface area contributed by atoms with Crippen LogP contribution in [0.25, 0.3) is 0 Å². The van der Waals surface area contributed by atoms with Crippen LogP contribution in [0, 0.1) is 0 Å².